The molecule has 0 unspecified atom stereocenters. The zero-order valence-corrected chi connectivity index (χ0v) is 16.7. The number of carbonyl (C=O) groups is 3. The summed E-state index contributed by atoms with van der Waals surface area (Å²) in [5.74, 6) is 0.567. The molecule has 4 atom stereocenters. The van der Waals surface area contributed by atoms with Gasteiger partial charge in [-0.25, -0.2) is 0 Å². The number of amides is 3. The van der Waals surface area contributed by atoms with Gasteiger partial charge in [0.15, 0.2) is 0 Å². The molecule has 1 spiro atoms. The number of nitrogens with zero attached hydrogens (tertiary/aromatic N) is 2. The van der Waals surface area contributed by atoms with Crippen LogP contribution in [0.1, 0.15) is 45.4 Å². The van der Waals surface area contributed by atoms with E-state index in [-0.39, 0.29) is 46.8 Å². The Kier molecular flexibility index (Phi) is 4.29. The van der Waals surface area contributed by atoms with Crippen molar-refractivity contribution >= 4 is 17.7 Å². The first-order valence-electron chi connectivity index (χ1n) is 11.0. The van der Waals surface area contributed by atoms with E-state index in [1.807, 2.05) is 16.7 Å². The van der Waals surface area contributed by atoms with Crippen LogP contribution >= 0.6 is 0 Å². The molecular weight excluding hydrogens is 354 g/mol. The van der Waals surface area contributed by atoms with Gasteiger partial charge in [-0.3, -0.25) is 14.4 Å². The Balaban J connectivity index is 1.25. The fourth-order valence-corrected chi connectivity index (χ4v) is 6.06. The maximum absolute atomic E-state index is 13.4. The first-order valence-corrected chi connectivity index (χ1v) is 11.0. The summed E-state index contributed by atoms with van der Waals surface area (Å²) in [6.07, 6.45) is 9.83. The molecule has 2 saturated carbocycles. The zero-order chi connectivity index (χ0) is 19.5. The topological polar surface area (TPSA) is 69.7 Å². The number of allylic oxidation sites excluding steroid dienone is 2. The third-order valence-corrected chi connectivity index (χ3v) is 7.89. The molecule has 6 heteroatoms. The summed E-state index contributed by atoms with van der Waals surface area (Å²) < 4.78 is 0. The van der Waals surface area contributed by atoms with E-state index in [0.717, 1.165) is 58.3 Å². The highest BCUT2D eigenvalue weighted by Gasteiger charge is 2.54. The average Bonchev–Trinajstić information content (AvgIpc) is 3.13. The van der Waals surface area contributed by atoms with Crippen LogP contribution in [0.25, 0.3) is 0 Å². The van der Waals surface area contributed by atoms with Crippen molar-refractivity contribution in [2.75, 3.05) is 26.2 Å². The minimum Gasteiger partial charge on any atom is -0.353 e. The van der Waals surface area contributed by atoms with Crippen LogP contribution in [0.15, 0.2) is 12.2 Å². The van der Waals surface area contributed by atoms with Gasteiger partial charge in [0.25, 0.3) is 0 Å². The zero-order valence-electron chi connectivity index (χ0n) is 16.7. The van der Waals surface area contributed by atoms with Gasteiger partial charge in [0, 0.05) is 44.1 Å². The molecule has 2 saturated heterocycles. The number of rotatable bonds is 4. The fourth-order valence-electron chi connectivity index (χ4n) is 6.06. The minimum absolute atomic E-state index is 0.0568. The standard InChI is InChI=1S/C22H31N3O3/c1-2-24-13-22(12-17(24)26)7-9-25(10-8-22)21(28)19-15-4-3-14(11-15)18(19)20(27)23-16-5-6-16/h3-4,14-16,18-19H,2,5-13H2,1H3,(H,23,27)/t14-,15+,18+,19+/m0/s1. The Morgan fingerprint density at radius 1 is 1.14 bits per heavy atom. The highest BCUT2D eigenvalue weighted by atomic mass is 16.2. The summed E-state index contributed by atoms with van der Waals surface area (Å²) in [4.78, 5) is 42.4. The third-order valence-electron chi connectivity index (χ3n) is 7.89. The molecule has 152 valence electrons. The Bertz CT molecular complexity index is 721. The molecule has 0 aromatic carbocycles. The lowest BCUT2D eigenvalue weighted by atomic mass is 9.76. The fraction of sp³-hybridized carbons (Fsp3) is 0.773. The Morgan fingerprint density at radius 3 is 2.43 bits per heavy atom. The predicted octanol–water partition coefficient (Wildman–Crippen LogP) is 1.56. The lowest BCUT2D eigenvalue weighted by Gasteiger charge is -2.41. The lowest BCUT2D eigenvalue weighted by molar-refractivity contribution is -0.144. The monoisotopic (exact) mass is 385 g/mol. The number of hydrogen-bond acceptors (Lipinski definition) is 3. The second kappa shape index (κ2) is 6.60. The predicted molar refractivity (Wildman–Crippen MR) is 104 cm³/mol. The van der Waals surface area contributed by atoms with Gasteiger partial charge in [-0.1, -0.05) is 12.2 Å². The van der Waals surface area contributed by atoms with Crippen LogP contribution in [-0.4, -0.2) is 59.7 Å². The molecule has 6 nitrogen and oxygen atoms in total. The van der Waals surface area contributed by atoms with Gasteiger partial charge < -0.3 is 15.1 Å². The van der Waals surface area contributed by atoms with E-state index in [0.29, 0.717) is 12.5 Å². The summed E-state index contributed by atoms with van der Waals surface area (Å²) in [6, 6.07) is 0.336. The van der Waals surface area contributed by atoms with E-state index in [9.17, 15) is 14.4 Å². The highest BCUT2D eigenvalue weighted by Crippen LogP contribution is 2.50. The molecule has 5 rings (SSSR count). The molecule has 28 heavy (non-hydrogen) atoms. The van der Waals surface area contributed by atoms with E-state index in [1.165, 1.54) is 0 Å². The summed E-state index contributed by atoms with van der Waals surface area (Å²) in [7, 11) is 0. The average molecular weight is 386 g/mol. The van der Waals surface area contributed by atoms with Crippen molar-refractivity contribution in [3.63, 3.8) is 0 Å². The number of fused-ring (bicyclic) bond motifs is 2. The van der Waals surface area contributed by atoms with Gasteiger partial charge in [0.05, 0.1) is 11.8 Å². The molecule has 2 bridgehead atoms. The molecule has 4 fully saturated rings. The van der Waals surface area contributed by atoms with Crippen LogP contribution in [0.4, 0.5) is 0 Å². The van der Waals surface area contributed by atoms with Crippen LogP contribution in [0, 0.1) is 29.1 Å². The molecule has 0 radical (unpaired) electrons. The van der Waals surface area contributed by atoms with Gasteiger partial charge in [-0.05, 0) is 50.9 Å². The van der Waals surface area contributed by atoms with Crippen molar-refractivity contribution in [1.29, 1.82) is 0 Å². The van der Waals surface area contributed by atoms with Crippen molar-refractivity contribution in [1.82, 2.24) is 15.1 Å². The van der Waals surface area contributed by atoms with Crippen molar-refractivity contribution in [2.45, 2.75) is 51.5 Å². The molecule has 0 aromatic rings. The van der Waals surface area contributed by atoms with Crippen molar-refractivity contribution in [3.8, 4) is 0 Å². The smallest absolute Gasteiger partial charge is 0.227 e. The molecule has 5 aliphatic rings. The van der Waals surface area contributed by atoms with E-state index in [4.69, 9.17) is 0 Å². The van der Waals surface area contributed by atoms with Crippen LogP contribution in [-0.2, 0) is 14.4 Å². The number of piperidine rings is 1. The molecular formula is C22H31N3O3. The van der Waals surface area contributed by atoms with Gasteiger partial charge in [-0.15, -0.1) is 0 Å². The summed E-state index contributed by atoms with van der Waals surface area (Å²) in [6.45, 7) is 5.09. The third kappa shape index (κ3) is 2.96. The number of carbonyl (C=O) groups excluding carboxylic acids is 3. The Labute approximate surface area is 166 Å². The van der Waals surface area contributed by atoms with E-state index < -0.39 is 0 Å². The number of nitrogens with one attached hydrogen (secondary N) is 1. The molecule has 3 amide bonds. The number of likely N-dealkylation sites (tertiary alicyclic amines) is 2. The SMILES string of the molecule is CCN1CC2(CCN(C(=O)[C@H]3[C@H](C(=O)NC4CC4)[C@H]4C=C[C@@H]3C4)CC2)CC1=O. The minimum atomic E-state index is -0.194. The van der Waals surface area contributed by atoms with Crippen LogP contribution in [0.2, 0.25) is 0 Å². The highest BCUT2D eigenvalue weighted by molar-refractivity contribution is 5.90. The maximum atomic E-state index is 13.4. The Hall–Kier alpha value is -1.85. The Morgan fingerprint density at radius 2 is 1.82 bits per heavy atom. The summed E-state index contributed by atoms with van der Waals surface area (Å²) in [5.41, 5.74) is 0.0568. The quantitative estimate of drug-likeness (QED) is 0.747. The largest absolute Gasteiger partial charge is 0.353 e. The first kappa shape index (κ1) is 18.2. The maximum Gasteiger partial charge on any atom is 0.227 e. The molecule has 2 aliphatic heterocycles. The van der Waals surface area contributed by atoms with Crippen LogP contribution in [0.3, 0.4) is 0 Å². The van der Waals surface area contributed by atoms with E-state index >= 15 is 0 Å². The van der Waals surface area contributed by atoms with Gasteiger partial charge in [0.2, 0.25) is 17.7 Å². The summed E-state index contributed by atoms with van der Waals surface area (Å²) >= 11 is 0. The van der Waals surface area contributed by atoms with Gasteiger partial charge in [-0.2, -0.15) is 0 Å². The number of hydrogen-bond donors (Lipinski definition) is 1. The lowest BCUT2D eigenvalue weighted by Crippen LogP contribution is -2.50. The molecule has 0 aromatic heterocycles. The van der Waals surface area contributed by atoms with Gasteiger partial charge >= 0.3 is 0 Å². The van der Waals surface area contributed by atoms with Crippen LogP contribution < -0.4 is 5.32 Å². The van der Waals surface area contributed by atoms with Crippen molar-refractivity contribution < 1.29 is 14.4 Å². The summed E-state index contributed by atoms with van der Waals surface area (Å²) in [5, 5.41) is 3.14. The second-order valence-corrected chi connectivity index (χ2v) is 9.69. The molecule has 3 aliphatic carbocycles. The molecule has 2 heterocycles. The van der Waals surface area contributed by atoms with E-state index in [2.05, 4.69) is 17.5 Å². The van der Waals surface area contributed by atoms with Gasteiger partial charge in [0.1, 0.15) is 0 Å². The van der Waals surface area contributed by atoms with Crippen molar-refractivity contribution in [2.24, 2.45) is 29.1 Å². The normalized spacial score (nSPS) is 35.8. The van der Waals surface area contributed by atoms with Crippen LogP contribution in [0.5, 0.6) is 0 Å². The van der Waals surface area contributed by atoms with E-state index in [1.54, 1.807) is 0 Å². The second-order valence-electron chi connectivity index (χ2n) is 9.69. The van der Waals surface area contributed by atoms with Crippen molar-refractivity contribution in [3.05, 3.63) is 12.2 Å². The molecule has 1 N–H and O–H groups in total. The first-order chi connectivity index (χ1) is 13.5.